The minimum atomic E-state index is -0.737. The maximum atomic E-state index is 13.0. The summed E-state index contributed by atoms with van der Waals surface area (Å²) in [5.74, 6) is 0.000220. The molecule has 3 nitrogen and oxygen atoms in total. The van der Waals surface area contributed by atoms with Crippen molar-refractivity contribution < 1.29 is 14.6 Å². The molecular formula is C23H24O3. The number of benzene rings is 2. The maximum Gasteiger partial charge on any atom is 0.195 e. The van der Waals surface area contributed by atoms with Crippen molar-refractivity contribution in [2.24, 2.45) is 0 Å². The Balaban J connectivity index is 1.89. The normalized spacial score (nSPS) is 25.0. The number of hydrogen-bond acceptors (Lipinski definition) is 3. The molecule has 0 aromatic heterocycles. The average molecular weight is 348 g/mol. The van der Waals surface area contributed by atoms with Crippen LogP contribution in [0.1, 0.15) is 43.4 Å². The molecule has 4 rings (SSSR count). The number of ketones is 1. The van der Waals surface area contributed by atoms with Gasteiger partial charge in [0, 0.05) is 0 Å². The summed E-state index contributed by atoms with van der Waals surface area (Å²) in [7, 11) is 0. The van der Waals surface area contributed by atoms with Gasteiger partial charge in [-0.05, 0) is 61.4 Å². The Morgan fingerprint density at radius 3 is 2.54 bits per heavy atom. The highest BCUT2D eigenvalue weighted by atomic mass is 16.5. The fourth-order valence-electron chi connectivity index (χ4n) is 4.04. The molecule has 26 heavy (non-hydrogen) atoms. The summed E-state index contributed by atoms with van der Waals surface area (Å²) in [6, 6.07) is 14.5. The fourth-order valence-corrected chi connectivity index (χ4v) is 4.04. The zero-order chi connectivity index (χ0) is 18.5. The molecule has 2 aromatic rings. The van der Waals surface area contributed by atoms with Gasteiger partial charge >= 0.3 is 0 Å². The van der Waals surface area contributed by atoms with Gasteiger partial charge in [0.15, 0.2) is 5.78 Å². The number of fused-ring (bicyclic) bond motifs is 2. The lowest BCUT2D eigenvalue weighted by atomic mass is 9.86. The molecule has 0 spiro atoms. The first-order chi connectivity index (χ1) is 12.4. The molecule has 1 fully saturated rings. The SMILES string of the molecule is CCc1ccc(-c2ccc(C)cc2)cc1C1=C(O)[C@@]2(C)CC[C@@H](O2)C1=O. The van der Waals surface area contributed by atoms with E-state index >= 15 is 0 Å². The number of aryl methyl sites for hydroxylation is 2. The van der Waals surface area contributed by atoms with Crippen LogP contribution in [-0.4, -0.2) is 22.6 Å². The Labute approximate surface area is 154 Å². The van der Waals surface area contributed by atoms with E-state index in [1.54, 1.807) is 0 Å². The van der Waals surface area contributed by atoms with Crippen molar-refractivity contribution in [3.05, 3.63) is 64.9 Å². The lowest BCUT2D eigenvalue weighted by Crippen LogP contribution is -2.37. The number of carbonyl (C=O) groups is 1. The summed E-state index contributed by atoms with van der Waals surface area (Å²) in [6.07, 6.45) is 1.72. The predicted octanol–water partition coefficient (Wildman–Crippen LogP) is 5.01. The van der Waals surface area contributed by atoms with E-state index in [0.717, 1.165) is 28.7 Å². The fraction of sp³-hybridized carbons (Fsp3) is 0.348. The van der Waals surface area contributed by atoms with Crippen LogP contribution in [0.4, 0.5) is 0 Å². The highest BCUT2D eigenvalue weighted by Crippen LogP contribution is 2.45. The van der Waals surface area contributed by atoms with Gasteiger partial charge in [-0.15, -0.1) is 0 Å². The summed E-state index contributed by atoms with van der Waals surface area (Å²) in [5.41, 5.74) is 4.99. The summed E-state index contributed by atoms with van der Waals surface area (Å²) in [5, 5.41) is 10.9. The van der Waals surface area contributed by atoms with Crippen molar-refractivity contribution in [1.82, 2.24) is 0 Å². The molecule has 0 radical (unpaired) electrons. The molecule has 2 aliphatic heterocycles. The molecule has 2 aliphatic rings. The third kappa shape index (κ3) is 2.58. The Hall–Kier alpha value is -2.39. The number of rotatable bonds is 3. The first kappa shape index (κ1) is 17.0. The predicted molar refractivity (Wildman–Crippen MR) is 103 cm³/mol. The average Bonchev–Trinajstić information content (AvgIpc) is 3.02. The van der Waals surface area contributed by atoms with Gasteiger partial charge in [-0.1, -0.05) is 48.9 Å². The number of hydrogen-bond donors (Lipinski definition) is 1. The van der Waals surface area contributed by atoms with E-state index in [4.69, 9.17) is 4.74 Å². The molecule has 1 saturated heterocycles. The van der Waals surface area contributed by atoms with Crippen molar-refractivity contribution >= 4 is 11.4 Å². The van der Waals surface area contributed by atoms with Crippen LogP contribution in [0.5, 0.6) is 0 Å². The van der Waals surface area contributed by atoms with Gasteiger partial charge in [0.25, 0.3) is 0 Å². The summed E-state index contributed by atoms with van der Waals surface area (Å²) in [4.78, 5) is 13.0. The molecule has 0 aliphatic carbocycles. The van der Waals surface area contributed by atoms with Gasteiger partial charge < -0.3 is 9.84 Å². The smallest absolute Gasteiger partial charge is 0.195 e. The van der Waals surface area contributed by atoms with E-state index in [-0.39, 0.29) is 11.5 Å². The standard InChI is InChI=1S/C23H24O3/c1-4-15-9-10-17(16-7-5-14(2)6-8-16)13-18(15)20-21(24)19-11-12-23(3,26-19)22(20)25/h5-10,13,19,25H,4,11-12H2,1-3H3/t19-,23-/m1/s1. The summed E-state index contributed by atoms with van der Waals surface area (Å²) >= 11 is 0. The highest BCUT2D eigenvalue weighted by Gasteiger charge is 2.50. The zero-order valence-corrected chi connectivity index (χ0v) is 15.5. The van der Waals surface area contributed by atoms with Crippen molar-refractivity contribution in [3.63, 3.8) is 0 Å². The first-order valence-electron chi connectivity index (χ1n) is 9.29. The first-order valence-corrected chi connectivity index (χ1v) is 9.29. The van der Waals surface area contributed by atoms with Crippen molar-refractivity contribution in [3.8, 4) is 11.1 Å². The monoisotopic (exact) mass is 348 g/mol. The van der Waals surface area contributed by atoms with E-state index in [0.29, 0.717) is 18.4 Å². The van der Waals surface area contributed by atoms with E-state index in [2.05, 4.69) is 50.2 Å². The number of ether oxygens (including phenoxy) is 1. The van der Waals surface area contributed by atoms with E-state index in [1.807, 2.05) is 13.0 Å². The van der Waals surface area contributed by atoms with Gasteiger partial charge in [-0.25, -0.2) is 0 Å². The highest BCUT2D eigenvalue weighted by molar-refractivity contribution is 6.25. The summed E-state index contributed by atoms with van der Waals surface area (Å²) < 4.78 is 5.81. The van der Waals surface area contributed by atoms with E-state index in [1.165, 1.54) is 5.56 Å². The van der Waals surface area contributed by atoms with Gasteiger partial charge in [0.2, 0.25) is 0 Å². The van der Waals surface area contributed by atoms with E-state index < -0.39 is 11.7 Å². The number of carbonyl (C=O) groups excluding carboxylic acids is 1. The molecule has 0 saturated carbocycles. The van der Waals surface area contributed by atoms with Crippen LogP contribution >= 0.6 is 0 Å². The van der Waals surface area contributed by atoms with Gasteiger partial charge in [0.05, 0.1) is 5.57 Å². The second-order valence-corrected chi connectivity index (χ2v) is 7.56. The van der Waals surface area contributed by atoms with Crippen LogP contribution in [0.2, 0.25) is 0 Å². The Bertz CT molecular complexity index is 908. The maximum absolute atomic E-state index is 13.0. The minimum absolute atomic E-state index is 0.0896. The summed E-state index contributed by atoms with van der Waals surface area (Å²) in [6.45, 7) is 6.02. The van der Waals surface area contributed by atoms with Crippen LogP contribution in [0.3, 0.4) is 0 Å². The lowest BCUT2D eigenvalue weighted by molar-refractivity contribution is -0.130. The Kier molecular flexibility index (Phi) is 4.00. The van der Waals surface area contributed by atoms with Crippen LogP contribution in [0.15, 0.2) is 48.2 Å². The molecular weight excluding hydrogens is 324 g/mol. The molecule has 2 aromatic carbocycles. The molecule has 0 amide bonds. The molecule has 1 N–H and O–H groups in total. The molecule has 2 atom stereocenters. The molecule has 2 heterocycles. The number of aliphatic hydroxyl groups is 1. The molecule has 2 bridgehead atoms. The quantitative estimate of drug-likeness (QED) is 0.848. The largest absolute Gasteiger partial charge is 0.508 e. The lowest BCUT2D eigenvalue weighted by Gasteiger charge is -2.31. The molecule has 3 heteroatoms. The molecule has 0 unspecified atom stereocenters. The second kappa shape index (κ2) is 6.10. The van der Waals surface area contributed by atoms with Gasteiger partial charge in [-0.2, -0.15) is 0 Å². The van der Waals surface area contributed by atoms with Crippen molar-refractivity contribution in [2.45, 2.75) is 51.7 Å². The Morgan fingerprint density at radius 1 is 1.15 bits per heavy atom. The second-order valence-electron chi connectivity index (χ2n) is 7.56. The number of aliphatic hydroxyl groups excluding tert-OH is 1. The van der Waals surface area contributed by atoms with E-state index in [9.17, 15) is 9.90 Å². The zero-order valence-electron chi connectivity index (χ0n) is 15.5. The topological polar surface area (TPSA) is 46.5 Å². The Morgan fingerprint density at radius 2 is 1.85 bits per heavy atom. The van der Waals surface area contributed by atoms with Gasteiger partial charge in [0.1, 0.15) is 17.5 Å². The minimum Gasteiger partial charge on any atom is -0.508 e. The van der Waals surface area contributed by atoms with Gasteiger partial charge in [-0.3, -0.25) is 4.79 Å². The third-order valence-electron chi connectivity index (χ3n) is 5.71. The van der Waals surface area contributed by atoms with Crippen LogP contribution in [-0.2, 0) is 16.0 Å². The molecule has 134 valence electrons. The van der Waals surface area contributed by atoms with Crippen LogP contribution in [0, 0.1) is 6.92 Å². The number of Topliss-reactive ketones (excluding diaryl/α,β-unsaturated/α-hetero) is 1. The van der Waals surface area contributed by atoms with Crippen LogP contribution in [0.25, 0.3) is 16.7 Å². The van der Waals surface area contributed by atoms with Crippen LogP contribution < -0.4 is 0 Å². The van der Waals surface area contributed by atoms with Crippen molar-refractivity contribution in [1.29, 1.82) is 0 Å². The van der Waals surface area contributed by atoms with Crippen molar-refractivity contribution in [2.75, 3.05) is 0 Å². The third-order valence-corrected chi connectivity index (χ3v) is 5.71.